The fourth-order valence-electron chi connectivity index (χ4n) is 4.19. The Morgan fingerprint density at radius 3 is 2.44 bits per heavy atom. The topological polar surface area (TPSA) is 16.1 Å². The molecule has 2 nitrogen and oxygen atoms in total. The summed E-state index contributed by atoms with van der Waals surface area (Å²) in [4.78, 5) is 6.95. The van der Waals surface area contributed by atoms with Crippen molar-refractivity contribution in [1.82, 2.24) is 4.98 Å². The SMILES string of the molecule is c1ccc(N2CCCC2c2ccc(-c3ccc4ncccc4c3)cc2)cc1. The molecule has 0 spiro atoms. The molecule has 1 aliphatic heterocycles. The van der Waals surface area contributed by atoms with Gasteiger partial charge in [-0.05, 0) is 59.9 Å². The molecule has 2 heteroatoms. The normalized spacial score (nSPS) is 16.7. The van der Waals surface area contributed by atoms with Gasteiger partial charge in [0.15, 0.2) is 0 Å². The van der Waals surface area contributed by atoms with Crippen LogP contribution >= 0.6 is 0 Å². The first-order valence-corrected chi connectivity index (χ1v) is 9.65. The minimum absolute atomic E-state index is 0.474. The van der Waals surface area contributed by atoms with E-state index >= 15 is 0 Å². The fraction of sp³-hybridized carbons (Fsp3) is 0.160. The zero-order chi connectivity index (χ0) is 18.1. The largest absolute Gasteiger partial charge is 0.364 e. The Bertz CT molecular complexity index is 1050. The van der Waals surface area contributed by atoms with E-state index in [0.717, 1.165) is 12.1 Å². The molecular formula is C25H22N2. The van der Waals surface area contributed by atoms with Gasteiger partial charge in [-0.1, -0.05) is 54.6 Å². The highest BCUT2D eigenvalue weighted by atomic mass is 15.2. The van der Waals surface area contributed by atoms with Crippen molar-refractivity contribution in [2.24, 2.45) is 0 Å². The highest BCUT2D eigenvalue weighted by molar-refractivity contribution is 5.84. The maximum Gasteiger partial charge on any atom is 0.0702 e. The number of hydrogen-bond acceptors (Lipinski definition) is 2. The van der Waals surface area contributed by atoms with Gasteiger partial charge in [-0.3, -0.25) is 4.98 Å². The third-order valence-electron chi connectivity index (χ3n) is 5.57. The molecule has 0 saturated carbocycles. The van der Waals surface area contributed by atoms with E-state index in [0.29, 0.717) is 6.04 Å². The van der Waals surface area contributed by atoms with Crippen molar-refractivity contribution >= 4 is 16.6 Å². The van der Waals surface area contributed by atoms with Crippen LogP contribution in [0.3, 0.4) is 0 Å². The molecule has 1 unspecified atom stereocenters. The molecule has 0 bridgehead atoms. The number of pyridine rings is 1. The Balaban J connectivity index is 1.44. The minimum atomic E-state index is 0.474. The zero-order valence-electron chi connectivity index (χ0n) is 15.3. The first-order chi connectivity index (χ1) is 13.4. The van der Waals surface area contributed by atoms with Crippen molar-refractivity contribution in [3.63, 3.8) is 0 Å². The van der Waals surface area contributed by atoms with Gasteiger partial charge < -0.3 is 4.90 Å². The minimum Gasteiger partial charge on any atom is -0.364 e. The number of fused-ring (bicyclic) bond motifs is 1. The van der Waals surface area contributed by atoms with Crippen LogP contribution in [0.2, 0.25) is 0 Å². The van der Waals surface area contributed by atoms with Crippen LogP contribution in [0.4, 0.5) is 5.69 Å². The molecule has 0 aliphatic carbocycles. The monoisotopic (exact) mass is 350 g/mol. The number of benzene rings is 3. The van der Waals surface area contributed by atoms with Crippen molar-refractivity contribution < 1.29 is 0 Å². The van der Waals surface area contributed by atoms with E-state index in [-0.39, 0.29) is 0 Å². The summed E-state index contributed by atoms with van der Waals surface area (Å²) in [6.07, 6.45) is 4.31. The highest BCUT2D eigenvalue weighted by Crippen LogP contribution is 2.36. The molecule has 5 rings (SSSR count). The standard InChI is InChI=1S/C25H22N2/c1-2-7-23(8-3-1)27-17-5-9-25(27)20-12-10-19(11-13-20)21-14-15-24-22(18-21)6-4-16-26-24/h1-4,6-8,10-16,18,25H,5,9,17H2. The molecule has 3 aromatic carbocycles. The van der Waals surface area contributed by atoms with E-state index in [9.17, 15) is 0 Å². The fourth-order valence-corrected chi connectivity index (χ4v) is 4.19. The summed E-state index contributed by atoms with van der Waals surface area (Å²) in [5.74, 6) is 0. The van der Waals surface area contributed by atoms with E-state index < -0.39 is 0 Å². The predicted octanol–water partition coefficient (Wildman–Crippen LogP) is 6.24. The van der Waals surface area contributed by atoms with Gasteiger partial charge in [0, 0.05) is 23.8 Å². The zero-order valence-corrected chi connectivity index (χ0v) is 15.3. The third-order valence-corrected chi connectivity index (χ3v) is 5.57. The first-order valence-electron chi connectivity index (χ1n) is 9.65. The number of hydrogen-bond donors (Lipinski definition) is 0. The van der Waals surface area contributed by atoms with Gasteiger partial charge in [0.25, 0.3) is 0 Å². The van der Waals surface area contributed by atoms with Crippen LogP contribution < -0.4 is 4.90 Å². The van der Waals surface area contributed by atoms with Crippen molar-refractivity contribution in [3.8, 4) is 11.1 Å². The van der Waals surface area contributed by atoms with Gasteiger partial charge in [-0.2, -0.15) is 0 Å². The van der Waals surface area contributed by atoms with Crippen LogP contribution in [-0.4, -0.2) is 11.5 Å². The molecule has 0 amide bonds. The molecule has 1 saturated heterocycles. The van der Waals surface area contributed by atoms with Crippen molar-refractivity contribution in [2.75, 3.05) is 11.4 Å². The molecule has 4 aromatic rings. The molecule has 1 aromatic heterocycles. The van der Waals surface area contributed by atoms with Crippen molar-refractivity contribution in [3.05, 3.63) is 96.7 Å². The summed E-state index contributed by atoms with van der Waals surface area (Å²) >= 11 is 0. The number of anilines is 1. The second-order valence-electron chi connectivity index (χ2n) is 7.22. The van der Waals surface area contributed by atoms with Crippen molar-refractivity contribution in [1.29, 1.82) is 0 Å². The van der Waals surface area contributed by atoms with Gasteiger partial charge in [-0.25, -0.2) is 0 Å². The van der Waals surface area contributed by atoms with E-state index in [2.05, 4.69) is 88.7 Å². The molecule has 27 heavy (non-hydrogen) atoms. The van der Waals surface area contributed by atoms with Crippen LogP contribution in [0.25, 0.3) is 22.0 Å². The van der Waals surface area contributed by atoms with E-state index in [1.165, 1.54) is 40.6 Å². The second kappa shape index (κ2) is 6.88. The van der Waals surface area contributed by atoms with Gasteiger partial charge >= 0.3 is 0 Å². The second-order valence-corrected chi connectivity index (χ2v) is 7.22. The van der Waals surface area contributed by atoms with E-state index in [4.69, 9.17) is 0 Å². The van der Waals surface area contributed by atoms with Crippen LogP contribution in [0.1, 0.15) is 24.4 Å². The lowest BCUT2D eigenvalue weighted by atomic mass is 9.98. The van der Waals surface area contributed by atoms with Crippen LogP contribution in [0.15, 0.2) is 91.1 Å². The molecule has 1 aliphatic rings. The third kappa shape index (κ3) is 3.08. The molecular weight excluding hydrogens is 328 g/mol. The lowest BCUT2D eigenvalue weighted by Crippen LogP contribution is -2.22. The Morgan fingerprint density at radius 2 is 1.59 bits per heavy atom. The number of aromatic nitrogens is 1. The lowest BCUT2D eigenvalue weighted by molar-refractivity contribution is 0.719. The van der Waals surface area contributed by atoms with E-state index in [1.54, 1.807) is 0 Å². The van der Waals surface area contributed by atoms with Crippen LogP contribution in [0, 0.1) is 0 Å². The van der Waals surface area contributed by atoms with Crippen LogP contribution in [0.5, 0.6) is 0 Å². The van der Waals surface area contributed by atoms with Crippen molar-refractivity contribution in [2.45, 2.75) is 18.9 Å². The van der Waals surface area contributed by atoms with Gasteiger partial charge in [0.1, 0.15) is 0 Å². The summed E-state index contributed by atoms with van der Waals surface area (Å²) in [5, 5.41) is 1.19. The number of nitrogens with zero attached hydrogens (tertiary/aromatic N) is 2. The maximum atomic E-state index is 4.41. The Kier molecular flexibility index (Phi) is 4.10. The highest BCUT2D eigenvalue weighted by Gasteiger charge is 2.25. The quantitative estimate of drug-likeness (QED) is 0.434. The average Bonchev–Trinajstić information content (AvgIpc) is 3.24. The maximum absolute atomic E-state index is 4.41. The summed E-state index contributed by atoms with van der Waals surface area (Å²) in [5.41, 5.74) is 6.28. The lowest BCUT2D eigenvalue weighted by Gasteiger charge is -2.27. The number of rotatable bonds is 3. The molecule has 0 radical (unpaired) electrons. The average molecular weight is 350 g/mol. The molecule has 1 fully saturated rings. The van der Waals surface area contributed by atoms with Gasteiger partial charge in [0.2, 0.25) is 0 Å². The summed E-state index contributed by atoms with van der Waals surface area (Å²) < 4.78 is 0. The van der Waals surface area contributed by atoms with Crippen LogP contribution in [-0.2, 0) is 0 Å². The summed E-state index contributed by atoms with van der Waals surface area (Å²) in [6, 6.07) is 31.0. The number of para-hydroxylation sites is 1. The first kappa shape index (κ1) is 16.1. The Labute approximate surface area is 160 Å². The predicted molar refractivity (Wildman–Crippen MR) is 113 cm³/mol. The smallest absolute Gasteiger partial charge is 0.0702 e. The van der Waals surface area contributed by atoms with Gasteiger partial charge in [-0.15, -0.1) is 0 Å². The Morgan fingerprint density at radius 1 is 0.778 bits per heavy atom. The van der Waals surface area contributed by atoms with E-state index in [1.807, 2.05) is 12.3 Å². The molecule has 1 atom stereocenters. The molecule has 132 valence electrons. The Hall–Kier alpha value is -3.13. The summed E-state index contributed by atoms with van der Waals surface area (Å²) in [6.45, 7) is 1.13. The summed E-state index contributed by atoms with van der Waals surface area (Å²) in [7, 11) is 0. The molecule has 0 N–H and O–H groups in total. The van der Waals surface area contributed by atoms with Gasteiger partial charge in [0.05, 0.1) is 11.6 Å². The molecule has 2 heterocycles.